The van der Waals surface area contributed by atoms with E-state index in [-0.39, 0.29) is 10.1 Å². The number of hydrogen-bond acceptors (Lipinski definition) is 4. The van der Waals surface area contributed by atoms with E-state index in [9.17, 15) is 9.59 Å². The third kappa shape index (κ3) is 2.69. The van der Waals surface area contributed by atoms with Crippen LogP contribution < -0.4 is 0 Å². The van der Waals surface area contributed by atoms with Gasteiger partial charge in [-0.25, -0.2) is 0 Å². The number of alkyl halides is 4. The fourth-order valence-corrected chi connectivity index (χ4v) is 9.50. The molecule has 0 radical (unpaired) electrons. The van der Waals surface area contributed by atoms with Crippen molar-refractivity contribution >= 4 is 81.4 Å². The Labute approximate surface area is 216 Å². The van der Waals surface area contributed by atoms with Gasteiger partial charge >= 0.3 is 0 Å². The smallest absolute Gasteiger partial charge is 0.260 e. The number of rotatable bonds is 8. The van der Waals surface area contributed by atoms with E-state index < -0.39 is 61.8 Å². The van der Waals surface area contributed by atoms with Crippen LogP contribution in [0.4, 0.5) is 0 Å². The number of nitrogens with zero attached hydrogens (tertiary/aromatic N) is 1. The van der Waals surface area contributed by atoms with Crippen LogP contribution in [0.5, 0.6) is 0 Å². The lowest BCUT2D eigenvalue weighted by atomic mass is 9.65. The average Bonchev–Trinajstić information content (AvgIpc) is 3.45. The monoisotopic (exact) mass is 563 g/mol. The van der Waals surface area contributed by atoms with Crippen LogP contribution in [0, 0.1) is 23.7 Å². The van der Waals surface area contributed by atoms with Gasteiger partial charge in [-0.2, -0.15) is 5.06 Å². The van der Waals surface area contributed by atoms with Crippen molar-refractivity contribution in [3.63, 3.8) is 0 Å². The van der Waals surface area contributed by atoms with Crippen LogP contribution in [0.25, 0.3) is 0 Å². The van der Waals surface area contributed by atoms with Gasteiger partial charge in [0.1, 0.15) is 9.75 Å². The highest BCUT2D eigenvalue weighted by atomic mass is 35.5. The van der Waals surface area contributed by atoms with Crippen molar-refractivity contribution in [3.8, 4) is 0 Å². The number of halogens is 6. The van der Waals surface area contributed by atoms with Gasteiger partial charge in [0, 0.05) is 11.8 Å². The van der Waals surface area contributed by atoms with Crippen molar-refractivity contribution in [2.75, 3.05) is 6.61 Å². The highest BCUT2D eigenvalue weighted by molar-refractivity contribution is 6.65. The van der Waals surface area contributed by atoms with Crippen LogP contribution in [0.1, 0.15) is 45.4 Å². The van der Waals surface area contributed by atoms with Crippen molar-refractivity contribution in [2.24, 2.45) is 23.7 Å². The van der Waals surface area contributed by atoms with E-state index in [4.69, 9.17) is 79.2 Å². The van der Waals surface area contributed by atoms with Crippen LogP contribution in [0.15, 0.2) is 10.1 Å². The summed E-state index contributed by atoms with van der Waals surface area (Å²) >= 11 is 40.2. The number of carbonyl (C=O) groups excluding carboxylic acids is 2. The maximum Gasteiger partial charge on any atom is 0.260 e. The van der Waals surface area contributed by atoms with E-state index in [1.807, 2.05) is 0 Å². The van der Waals surface area contributed by atoms with Gasteiger partial charge in [-0.15, -0.1) is 23.2 Å². The zero-order valence-corrected chi connectivity index (χ0v) is 21.8. The lowest BCUT2D eigenvalue weighted by Gasteiger charge is -2.39. The van der Waals surface area contributed by atoms with Crippen LogP contribution in [0.3, 0.4) is 0 Å². The number of imide groups is 1. The summed E-state index contributed by atoms with van der Waals surface area (Å²) < 4.78 is 4.41. The standard InChI is InChI=1S/C21H23Cl6NO4/c1-2-3-4-5-6-7-8-31-28-17(29)9-10(18(28)30)14-12-11(13(9)32-14)19(24)15(22)16(23)20(12,25)21(19,26)27/h9-14H,2-8H2,1H3/t9-,10+,11+,12-,13+,14-,19-,20-/m1/s1. The number of fused-ring (bicyclic) bond motifs is 12. The Hall–Kier alpha value is 0.540. The third-order valence-electron chi connectivity index (χ3n) is 7.86. The Morgan fingerprint density at radius 3 is 1.81 bits per heavy atom. The van der Waals surface area contributed by atoms with Gasteiger partial charge in [-0.3, -0.25) is 14.4 Å². The Morgan fingerprint density at radius 1 is 0.844 bits per heavy atom. The first-order chi connectivity index (χ1) is 15.1. The van der Waals surface area contributed by atoms with Crippen LogP contribution in [0.2, 0.25) is 0 Å². The number of hydrogen-bond donors (Lipinski definition) is 0. The second-order valence-electron chi connectivity index (χ2n) is 9.37. The number of ether oxygens (including phenoxy) is 1. The predicted molar refractivity (Wildman–Crippen MR) is 124 cm³/mol. The second kappa shape index (κ2) is 8.03. The third-order valence-corrected chi connectivity index (χ3v) is 12.1. The molecule has 5 nitrogen and oxygen atoms in total. The molecular formula is C21H23Cl6NO4. The quantitative estimate of drug-likeness (QED) is 0.214. The van der Waals surface area contributed by atoms with Gasteiger partial charge < -0.3 is 4.74 Å². The average molecular weight is 566 g/mol. The second-order valence-corrected chi connectivity index (χ2v) is 12.6. The molecule has 0 unspecified atom stereocenters. The summed E-state index contributed by atoms with van der Waals surface area (Å²) in [5.41, 5.74) is 0. The van der Waals surface area contributed by atoms with Crippen molar-refractivity contribution < 1.29 is 19.2 Å². The first-order valence-corrected chi connectivity index (χ1v) is 13.3. The minimum atomic E-state index is -1.72. The molecule has 4 fully saturated rings. The summed E-state index contributed by atoms with van der Waals surface area (Å²) in [7, 11) is 0. The summed E-state index contributed by atoms with van der Waals surface area (Å²) in [6.07, 6.45) is 5.01. The van der Waals surface area contributed by atoms with E-state index in [2.05, 4.69) is 6.92 Å². The van der Waals surface area contributed by atoms with E-state index in [1.165, 1.54) is 19.3 Å². The molecule has 3 aliphatic heterocycles. The molecule has 0 N–H and O–H groups in total. The van der Waals surface area contributed by atoms with E-state index in [0.717, 1.165) is 24.3 Å². The zero-order valence-electron chi connectivity index (χ0n) is 17.3. The normalized spacial score (nSPS) is 45.4. The summed E-state index contributed by atoms with van der Waals surface area (Å²) in [5.74, 6) is -3.45. The van der Waals surface area contributed by atoms with Crippen molar-refractivity contribution in [1.29, 1.82) is 0 Å². The first-order valence-electron chi connectivity index (χ1n) is 11.0. The van der Waals surface area contributed by atoms with E-state index in [1.54, 1.807) is 0 Å². The topological polar surface area (TPSA) is 55.8 Å². The van der Waals surface area contributed by atoms with Crippen LogP contribution in [-0.4, -0.2) is 49.8 Å². The molecule has 0 spiro atoms. The molecule has 0 aromatic heterocycles. The van der Waals surface area contributed by atoms with E-state index in [0.29, 0.717) is 6.61 Å². The SMILES string of the molecule is CCCCCCCCON1C(=O)[C@@H]2[C@H]3O[C@@H]([C@@H]2C1=O)[C@@H]1[C@H]3[C@@]2(Cl)C(Cl)=C(Cl)[C@@]1(Cl)C2(Cl)Cl. The van der Waals surface area contributed by atoms with Gasteiger partial charge in [0.2, 0.25) is 0 Å². The Kier molecular flexibility index (Phi) is 6.08. The van der Waals surface area contributed by atoms with Gasteiger partial charge in [0.25, 0.3) is 11.8 Å². The fraction of sp³-hybridized carbons (Fsp3) is 0.810. The molecule has 3 heterocycles. The van der Waals surface area contributed by atoms with Crippen molar-refractivity contribution in [1.82, 2.24) is 5.06 Å². The predicted octanol–water partition coefficient (Wildman–Crippen LogP) is 5.74. The molecule has 2 amide bonds. The molecule has 0 aromatic carbocycles. The fourth-order valence-electron chi connectivity index (χ4n) is 6.44. The number of hydroxylamine groups is 2. The molecule has 3 saturated heterocycles. The largest absolute Gasteiger partial charge is 0.373 e. The molecule has 8 atom stereocenters. The molecule has 11 heteroatoms. The molecule has 32 heavy (non-hydrogen) atoms. The van der Waals surface area contributed by atoms with Gasteiger partial charge in [0.05, 0.1) is 40.7 Å². The molecule has 1 saturated carbocycles. The number of carbonyl (C=O) groups is 2. The molecule has 5 aliphatic rings. The Bertz CT molecular complexity index is 840. The highest BCUT2D eigenvalue weighted by Crippen LogP contribution is 2.81. The minimum Gasteiger partial charge on any atom is -0.373 e. The summed E-state index contributed by atoms with van der Waals surface area (Å²) in [5, 5.41) is 1.05. The van der Waals surface area contributed by atoms with Gasteiger partial charge in [-0.1, -0.05) is 85.4 Å². The highest BCUT2D eigenvalue weighted by Gasteiger charge is 2.90. The lowest BCUT2D eigenvalue weighted by Crippen LogP contribution is -2.50. The minimum absolute atomic E-state index is 0.0720. The molecule has 0 aromatic rings. The maximum atomic E-state index is 13.2. The van der Waals surface area contributed by atoms with Gasteiger partial charge in [0.15, 0.2) is 4.33 Å². The number of amides is 2. The molecule has 4 bridgehead atoms. The Morgan fingerprint density at radius 2 is 1.31 bits per heavy atom. The maximum absolute atomic E-state index is 13.2. The number of allylic oxidation sites excluding steroid dienone is 2. The van der Waals surface area contributed by atoms with Crippen molar-refractivity contribution in [2.45, 2.75) is 71.7 Å². The Balaban J connectivity index is 1.34. The molecule has 2 aliphatic carbocycles. The molecular weight excluding hydrogens is 543 g/mol. The lowest BCUT2D eigenvalue weighted by molar-refractivity contribution is -0.192. The zero-order chi connectivity index (χ0) is 23.2. The first kappa shape index (κ1) is 24.2. The van der Waals surface area contributed by atoms with Crippen LogP contribution in [-0.2, 0) is 19.2 Å². The summed E-state index contributed by atoms with van der Waals surface area (Å²) in [6, 6.07) is 0. The summed E-state index contributed by atoms with van der Waals surface area (Å²) in [4.78, 5) is 28.9. The summed E-state index contributed by atoms with van der Waals surface area (Å²) in [6.45, 7) is 2.47. The van der Waals surface area contributed by atoms with Crippen LogP contribution >= 0.6 is 69.6 Å². The van der Waals surface area contributed by atoms with Gasteiger partial charge in [-0.05, 0) is 6.42 Å². The van der Waals surface area contributed by atoms with E-state index >= 15 is 0 Å². The molecule has 178 valence electrons. The molecule has 5 rings (SSSR count). The number of unbranched alkanes of at least 4 members (excludes halogenated alkanes) is 5. The van der Waals surface area contributed by atoms with Crippen molar-refractivity contribution in [3.05, 3.63) is 10.1 Å².